The summed E-state index contributed by atoms with van der Waals surface area (Å²) < 4.78 is 7.40. The highest BCUT2D eigenvalue weighted by atomic mass is 16.5. The molecule has 6 aromatic rings. The summed E-state index contributed by atoms with van der Waals surface area (Å²) in [6, 6.07) is 39.7. The quantitative estimate of drug-likeness (QED) is 0.139. The summed E-state index contributed by atoms with van der Waals surface area (Å²) >= 11 is 0. The maximum Gasteiger partial charge on any atom is 0.179 e. The van der Waals surface area contributed by atoms with E-state index in [1.54, 1.807) is 13.3 Å². The molecule has 0 atom stereocenters. The maximum absolute atomic E-state index is 5.55. The number of fused-ring (bicyclic) bond motifs is 1. The van der Waals surface area contributed by atoms with Gasteiger partial charge >= 0.3 is 0 Å². The number of anilines is 1. The van der Waals surface area contributed by atoms with Gasteiger partial charge in [0.1, 0.15) is 17.1 Å². The van der Waals surface area contributed by atoms with Crippen molar-refractivity contribution in [1.29, 1.82) is 0 Å². The van der Waals surface area contributed by atoms with E-state index in [0.29, 0.717) is 17.3 Å². The summed E-state index contributed by atoms with van der Waals surface area (Å²) in [4.78, 5) is 4.84. The van der Waals surface area contributed by atoms with Gasteiger partial charge in [-0.3, -0.25) is 0 Å². The summed E-state index contributed by atoms with van der Waals surface area (Å²) in [6.07, 6.45) is 3.68. The number of nitrogens with zero attached hydrogens (tertiary/aromatic N) is 5. The Hall–Kier alpha value is -5.56. The standard InChI is InChI=1S/C33H26N6O/c1-40-31-19-11-10-18-29(31)36-33(30-21-20-24-12-8-9-17-28(24)35-30)37-34-22-26-23-39(27-15-6-3-7-16-27)38-32(26)25-13-4-2-5-14-25/h2-23H,1H3,(H,36,37). The first-order chi connectivity index (χ1) is 19.8. The molecule has 2 aromatic heterocycles. The van der Waals surface area contributed by atoms with Crippen LogP contribution >= 0.6 is 0 Å². The van der Waals surface area contributed by atoms with E-state index in [2.05, 4.69) is 15.5 Å². The second-order valence-electron chi connectivity index (χ2n) is 8.99. The van der Waals surface area contributed by atoms with Crippen LogP contribution < -0.4 is 10.1 Å². The molecule has 0 spiro atoms. The fourth-order valence-corrected chi connectivity index (χ4v) is 4.38. The van der Waals surface area contributed by atoms with Crippen LogP contribution in [0.15, 0.2) is 138 Å². The Bertz CT molecular complexity index is 1810. The number of para-hydroxylation sites is 4. The average molecular weight is 523 g/mol. The molecule has 7 nitrogen and oxygen atoms in total. The number of hydrogen-bond donors (Lipinski definition) is 1. The van der Waals surface area contributed by atoms with Gasteiger partial charge in [0.15, 0.2) is 5.84 Å². The van der Waals surface area contributed by atoms with E-state index in [-0.39, 0.29) is 0 Å². The summed E-state index contributed by atoms with van der Waals surface area (Å²) in [6.45, 7) is 0. The zero-order chi connectivity index (χ0) is 27.1. The monoisotopic (exact) mass is 522 g/mol. The van der Waals surface area contributed by atoms with Gasteiger partial charge in [-0.2, -0.15) is 10.2 Å². The number of nitrogens with one attached hydrogen (secondary N) is 1. The lowest BCUT2D eigenvalue weighted by atomic mass is 10.1. The Kier molecular flexibility index (Phi) is 7.09. The van der Waals surface area contributed by atoms with E-state index < -0.39 is 0 Å². The Morgan fingerprint density at radius 3 is 2.35 bits per heavy atom. The van der Waals surface area contributed by atoms with Gasteiger partial charge < -0.3 is 10.1 Å². The van der Waals surface area contributed by atoms with Crippen molar-refractivity contribution < 1.29 is 4.74 Å². The highest BCUT2D eigenvalue weighted by molar-refractivity contribution is 6.08. The molecular formula is C33H26N6O. The summed E-state index contributed by atoms with van der Waals surface area (Å²) in [5.74, 6) is 1.18. The predicted octanol–water partition coefficient (Wildman–Crippen LogP) is 6.99. The molecular weight excluding hydrogens is 496 g/mol. The fourth-order valence-electron chi connectivity index (χ4n) is 4.38. The molecule has 0 amide bonds. The van der Waals surface area contributed by atoms with Crippen molar-refractivity contribution in [2.24, 2.45) is 10.2 Å². The normalized spacial score (nSPS) is 11.7. The Morgan fingerprint density at radius 1 is 0.800 bits per heavy atom. The van der Waals surface area contributed by atoms with E-state index in [4.69, 9.17) is 14.8 Å². The third-order valence-electron chi connectivity index (χ3n) is 6.37. The van der Waals surface area contributed by atoms with Gasteiger partial charge in [-0.05, 0) is 36.4 Å². The van der Waals surface area contributed by atoms with Crippen molar-refractivity contribution in [3.05, 3.63) is 139 Å². The van der Waals surface area contributed by atoms with E-state index >= 15 is 0 Å². The van der Waals surface area contributed by atoms with Crippen LogP contribution in [-0.4, -0.2) is 33.9 Å². The minimum absolute atomic E-state index is 0.489. The highest BCUT2D eigenvalue weighted by Gasteiger charge is 2.13. The molecule has 4 aromatic carbocycles. The SMILES string of the molecule is COc1ccccc1NC(=NN=Cc1cn(-c2ccccc2)nc1-c1ccccc1)c1ccc2ccccc2n1. The molecule has 0 unspecified atom stereocenters. The lowest BCUT2D eigenvalue weighted by Crippen LogP contribution is -2.15. The molecule has 2 heterocycles. The molecule has 0 fully saturated rings. The Labute approximate surface area is 232 Å². The first kappa shape index (κ1) is 24.8. The maximum atomic E-state index is 5.55. The number of rotatable bonds is 7. The third-order valence-corrected chi connectivity index (χ3v) is 6.37. The second kappa shape index (κ2) is 11.4. The molecule has 0 aliphatic heterocycles. The molecule has 194 valence electrons. The van der Waals surface area contributed by atoms with Crippen molar-refractivity contribution in [3.8, 4) is 22.7 Å². The van der Waals surface area contributed by atoms with Gasteiger partial charge in [0.05, 0.1) is 30.2 Å². The number of pyridine rings is 1. The molecule has 1 N–H and O–H groups in total. The molecule has 0 saturated heterocycles. The van der Waals surface area contributed by atoms with E-state index in [9.17, 15) is 0 Å². The largest absolute Gasteiger partial charge is 0.495 e. The zero-order valence-corrected chi connectivity index (χ0v) is 21.8. The van der Waals surface area contributed by atoms with Crippen molar-refractivity contribution in [2.75, 3.05) is 12.4 Å². The lowest BCUT2D eigenvalue weighted by molar-refractivity contribution is 0.417. The average Bonchev–Trinajstić information content (AvgIpc) is 3.45. The minimum Gasteiger partial charge on any atom is -0.495 e. The van der Waals surface area contributed by atoms with Gasteiger partial charge in [0.25, 0.3) is 0 Å². The van der Waals surface area contributed by atoms with Crippen molar-refractivity contribution in [3.63, 3.8) is 0 Å². The lowest BCUT2D eigenvalue weighted by Gasteiger charge is -2.12. The molecule has 0 radical (unpaired) electrons. The van der Waals surface area contributed by atoms with E-state index in [1.807, 2.05) is 132 Å². The van der Waals surface area contributed by atoms with Crippen LogP contribution in [0.25, 0.3) is 27.8 Å². The van der Waals surface area contributed by atoms with Crippen molar-refractivity contribution >= 4 is 28.6 Å². The topological polar surface area (TPSA) is 76.7 Å². The summed E-state index contributed by atoms with van der Waals surface area (Å²) in [7, 11) is 1.64. The van der Waals surface area contributed by atoms with Gasteiger partial charge in [-0.1, -0.05) is 84.9 Å². The molecule has 0 aliphatic carbocycles. The Morgan fingerprint density at radius 2 is 1.52 bits per heavy atom. The number of aromatic nitrogens is 3. The fraction of sp³-hybridized carbons (Fsp3) is 0.0303. The van der Waals surface area contributed by atoms with Crippen LogP contribution in [0.3, 0.4) is 0 Å². The van der Waals surface area contributed by atoms with Crippen LogP contribution in [0, 0.1) is 0 Å². The van der Waals surface area contributed by atoms with Crippen LogP contribution in [0.1, 0.15) is 11.3 Å². The van der Waals surface area contributed by atoms with Gasteiger partial charge in [-0.25, -0.2) is 9.67 Å². The van der Waals surface area contributed by atoms with Gasteiger partial charge in [0, 0.05) is 22.7 Å². The number of hydrogen-bond acceptors (Lipinski definition) is 5. The van der Waals surface area contributed by atoms with Gasteiger partial charge in [0.2, 0.25) is 0 Å². The smallest absolute Gasteiger partial charge is 0.179 e. The van der Waals surface area contributed by atoms with E-state index in [0.717, 1.165) is 39.1 Å². The number of methoxy groups -OCH3 is 1. The second-order valence-corrected chi connectivity index (χ2v) is 8.99. The number of amidine groups is 1. The first-order valence-corrected chi connectivity index (χ1v) is 12.9. The predicted molar refractivity (Wildman–Crippen MR) is 161 cm³/mol. The van der Waals surface area contributed by atoms with Crippen LogP contribution in [0.5, 0.6) is 5.75 Å². The third kappa shape index (κ3) is 5.35. The van der Waals surface area contributed by atoms with Crippen LogP contribution in [-0.2, 0) is 0 Å². The molecule has 6 rings (SSSR count). The molecule has 40 heavy (non-hydrogen) atoms. The van der Waals surface area contributed by atoms with E-state index in [1.165, 1.54) is 0 Å². The highest BCUT2D eigenvalue weighted by Crippen LogP contribution is 2.25. The summed E-state index contributed by atoms with van der Waals surface area (Å²) in [5.41, 5.74) is 5.89. The molecule has 0 aliphatic rings. The minimum atomic E-state index is 0.489. The van der Waals surface area contributed by atoms with Gasteiger partial charge in [-0.15, -0.1) is 5.10 Å². The molecule has 7 heteroatoms. The molecule has 0 bridgehead atoms. The molecule has 0 saturated carbocycles. The van der Waals surface area contributed by atoms with Crippen LogP contribution in [0.2, 0.25) is 0 Å². The Balaban J connectivity index is 1.42. The van der Waals surface area contributed by atoms with Crippen LogP contribution in [0.4, 0.5) is 5.69 Å². The zero-order valence-electron chi connectivity index (χ0n) is 21.8. The first-order valence-electron chi connectivity index (χ1n) is 12.9. The number of ether oxygens (including phenoxy) is 1. The van der Waals surface area contributed by atoms with Crippen molar-refractivity contribution in [2.45, 2.75) is 0 Å². The number of benzene rings is 4. The van der Waals surface area contributed by atoms with Crippen molar-refractivity contribution in [1.82, 2.24) is 14.8 Å². The summed E-state index contributed by atoms with van der Waals surface area (Å²) in [5, 5.41) is 18.4.